The first kappa shape index (κ1) is 11.6. The molecule has 0 bridgehead atoms. The van der Waals surface area contributed by atoms with Crippen LogP contribution in [0.1, 0.15) is 18.9 Å². The molecule has 4 heteroatoms. The largest absolute Gasteiger partial charge is 0.393 e. The van der Waals surface area contributed by atoms with Gasteiger partial charge in [0.2, 0.25) is 0 Å². The number of benzene rings is 1. The highest BCUT2D eigenvalue weighted by atomic mass is 79.9. The van der Waals surface area contributed by atoms with E-state index in [1.165, 1.54) is 12.1 Å². The Kier molecular flexibility index (Phi) is 4.01. The second-order valence-corrected chi connectivity index (χ2v) is 4.15. The standard InChI is InChI=1S/C10H11BrF2O/c1-6(14)2-3-8-9(12)4-7(11)5-10(8)13/h4-6,14H,2-3H2,1H3/t6-/m1/s1. The molecular weight excluding hydrogens is 254 g/mol. The number of aliphatic hydroxyl groups excluding tert-OH is 1. The molecule has 0 radical (unpaired) electrons. The molecule has 0 aliphatic carbocycles. The van der Waals surface area contributed by atoms with Crippen LogP contribution >= 0.6 is 15.9 Å². The van der Waals surface area contributed by atoms with Gasteiger partial charge in [0.05, 0.1) is 6.10 Å². The predicted octanol–water partition coefficient (Wildman–Crippen LogP) is 3.04. The van der Waals surface area contributed by atoms with E-state index in [2.05, 4.69) is 15.9 Å². The second-order valence-electron chi connectivity index (χ2n) is 3.24. The van der Waals surface area contributed by atoms with Crippen molar-refractivity contribution in [1.29, 1.82) is 0 Å². The molecule has 0 spiro atoms. The van der Waals surface area contributed by atoms with Crippen LogP contribution in [0.2, 0.25) is 0 Å². The van der Waals surface area contributed by atoms with Crippen LogP contribution in [0.3, 0.4) is 0 Å². The summed E-state index contributed by atoms with van der Waals surface area (Å²) in [6, 6.07) is 2.45. The van der Waals surface area contributed by atoms with Gasteiger partial charge in [-0.1, -0.05) is 15.9 Å². The molecule has 1 aromatic rings. The van der Waals surface area contributed by atoms with Crippen LogP contribution in [0.5, 0.6) is 0 Å². The van der Waals surface area contributed by atoms with Crippen molar-refractivity contribution in [2.45, 2.75) is 25.9 Å². The summed E-state index contributed by atoms with van der Waals surface area (Å²) in [5.74, 6) is -1.14. The summed E-state index contributed by atoms with van der Waals surface area (Å²) in [6.45, 7) is 1.59. The maximum Gasteiger partial charge on any atom is 0.130 e. The molecule has 0 saturated carbocycles. The number of hydrogen-bond acceptors (Lipinski definition) is 1. The van der Waals surface area contributed by atoms with Gasteiger partial charge >= 0.3 is 0 Å². The minimum Gasteiger partial charge on any atom is -0.393 e. The molecule has 1 aromatic carbocycles. The third-order valence-electron chi connectivity index (χ3n) is 1.92. The van der Waals surface area contributed by atoms with Crippen molar-refractivity contribution >= 4 is 15.9 Å². The molecule has 0 unspecified atom stereocenters. The van der Waals surface area contributed by atoms with Crippen molar-refractivity contribution < 1.29 is 13.9 Å². The minimum absolute atomic E-state index is 0.0362. The Bertz CT molecular complexity index is 303. The average Bonchev–Trinajstić information content (AvgIpc) is 2.01. The van der Waals surface area contributed by atoms with E-state index in [1.54, 1.807) is 6.92 Å². The molecule has 0 aromatic heterocycles. The highest BCUT2D eigenvalue weighted by Crippen LogP contribution is 2.20. The lowest BCUT2D eigenvalue weighted by Crippen LogP contribution is -2.04. The minimum atomic E-state index is -0.572. The third kappa shape index (κ3) is 3.03. The van der Waals surface area contributed by atoms with Gasteiger partial charge in [-0.2, -0.15) is 0 Å². The molecule has 0 aliphatic rings. The van der Waals surface area contributed by atoms with Crippen molar-refractivity contribution in [3.8, 4) is 0 Å². The summed E-state index contributed by atoms with van der Waals surface area (Å²) in [4.78, 5) is 0. The van der Waals surface area contributed by atoms with Gasteiger partial charge in [-0.3, -0.25) is 0 Å². The first-order valence-electron chi connectivity index (χ1n) is 4.32. The molecule has 1 atom stereocenters. The van der Waals surface area contributed by atoms with Crippen LogP contribution in [0.4, 0.5) is 8.78 Å². The van der Waals surface area contributed by atoms with Gasteiger partial charge in [-0.05, 0) is 31.9 Å². The van der Waals surface area contributed by atoms with Crippen LogP contribution < -0.4 is 0 Å². The van der Waals surface area contributed by atoms with Crippen LogP contribution in [0.15, 0.2) is 16.6 Å². The van der Waals surface area contributed by atoms with E-state index in [9.17, 15) is 8.78 Å². The van der Waals surface area contributed by atoms with Crippen LogP contribution in [-0.4, -0.2) is 11.2 Å². The average molecular weight is 265 g/mol. The smallest absolute Gasteiger partial charge is 0.130 e. The molecule has 0 aliphatic heterocycles. The summed E-state index contributed by atoms with van der Waals surface area (Å²) in [7, 11) is 0. The summed E-state index contributed by atoms with van der Waals surface area (Å²) in [5, 5.41) is 9.00. The summed E-state index contributed by atoms with van der Waals surface area (Å²) < 4.78 is 26.8. The zero-order chi connectivity index (χ0) is 10.7. The first-order chi connectivity index (χ1) is 6.50. The van der Waals surface area contributed by atoms with Crippen molar-refractivity contribution in [1.82, 2.24) is 0 Å². The van der Waals surface area contributed by atoms with E-state index in [0.717, 1.165) is 0 Å². The second kappa shape index (κ2) is 4.84. The Morgan fingerprint density at radius 3 is 2.29 bits per heavy atom. The maximum absolute atomic E-state index is 13.2. The third-order valence-corrected chi connectivity index (χ3v) is 2.38. The van der Waals surface area contributed by atoms with Crippen LogP contribution in [0, 0.1) is 11.6 Å². The number of halogens is 3. The summed E-state index contributed by atoms with van der Waals surface area (Å²) in [6.07, 6.45) is 0.0235. The number of hydrogen-bond donors (Lipinski definition) is 1. The molecular formula is C10H11BrF2O. The first-order valence-corrected chi connectivity index (χ1v) is 5.11. The Morgan fingerprint density at radius 2 is 1.86 bits per heavy atom. The van der Waals surface area contributed by atoms with Gasteiger partial charge in [0.1, 0.15) is 11.6 Å². The van der Waals surface area contributed by atoms with Crippen LogP contribution in [-0.2, 0) is 6.42 Å². The molecule has 1 N–H and O–H groups in total. The zero-order valence-corrected chi connectivity index (χ0v) is 9.31. The lowest BCUT2D eigenvalue weighted by molar-refractivity contribution is 0.184. The summed E-state index contributed by atoms with van der Waals surface area (Å²) >= 11 is 3.00. The lowest BCUT2D eigenvalue weighted by Gasteiger charge is -2.07. The monoisotopic (exact) mass is 264 g/mol. The molecule has 0 heterocycles. The van der Waals surface area contributed by atoms with Gasteiger partial charge in [0.25, 0.3) is 0 Å². The Balaban J connectivity index is 2.86. The van der Waals surface area contributed by atoms with E-state index >= 15 is 0 Å². The molecule has 0 saturated heterocycles. The zero-order valence-electron chi connectivity index (χ0n) is 7.73. The van der Waals surface area contributed by atoms with E-state index in [1.807, 2.05) is 0 Å². The Hall–Kier alpha value is -0.480. The van der Waals surface area contributed by atoms with Gasteiger partial charge < -0.3 is 5.11 Å². The maximum atomic E-state index is 13.2. The molecule has 0 amide bonds. The van der Waals surface area contributed by atoms with Gasteiger partial charge in [-0.15, -0.1) is 0 Å². The highest BCUT2D eigenvalue weighted by molar-refractivity contribution is 9.10. The highest BCUT2D eigenvalue weighted by Gasteiger charge is 2.10. The number of aliphatic hydroxyl groups is 1. The van der Waals surface area contributed by atoms with E-state index in [0.29, 0.717) is 10.9 Å². The lowest BCUT2D eigenvalue weighted by atomic mass is 10.1. The van der Waals surface area contributed by atoms with Crippen molar-refractivity contribution in [2.75, 3.05) is 0 Å². The van der Waals surface area contributed by atoms with Gasteiger partial charge in [0, 0.05) is 10.0 Å². The fourth-order valence-electron chi connectivity index (χ4n) is 1.16. The van der Waals surface area contributed by atoms with E-state index < -0.39 is 17.7 Å². The van der Waals surface area contributed by atoms with Crippen molar-refractivity contribution in [2.24, 2.45) is 0 Å². The molecule has 78 valence electrons. The molecule has 0 fully saturated rings. The van der Waals surface area contributed by atoms with Gasteiger partial charge in [-0.25, -0.2) is 8.78 Å². The molecule has 14 heavy (non-hydrogen) atoms. The van der Waals surface area contributed by atoms with Gasteiger partial charge in [0.15, 0.2) is 0 Å². The van der Waals surface area contributed by atoms with E-state index in [4.69, 9.17) is 5.11 Å². The fourth-order valence-corrected chi connectivity index (χ4v) is 1.57. The Labute approximate surface area is 89.9 Å². The number of rotatable bonds is 3. The normalized spacial score (nSPS) is 12.9. The topological polar surface area (TPSA) is 20.2 Å². The molecule has 1 rings (SSSR count). The summed E-state index contributed by atoms with van der Waals surface area (Å²) in [5.41, 5.74) is 0.0362. The van der Waals surface area contributed by atoms with Crippen molar-refractivity contribution in [3.05, 3.63) is 33.8 Å². The predicted molar refractivity (Wildman–Crippen MR) is 54.1 cm³/mol. The SMILES string of the molecule is C[C@@H](O)CCc1c(F)cc(Br)cc1F. The fraction of sp³-hybridized carbons (Fsp3) is 0.400. The Morgan fingerprint density at radius 1 is 1.36 bits per heavy atom. The molecule has 1 nitrogen and oxygen atoms in total. The van der Waals surface area contributed by atoms with Crippen molar-refractivity contribution in [3.63, 3.8) is 0 Å². The quantitative estimate of drug-likeness (QED) is 0.890. The van der Waals surface area contributed by atoms with E-state index in [-0.39, 0.29) is 12.0 Å². The van der Waals surface area contributed by atoms with Crippen LogP contribution in [0.25, 0.3) is 0 Å².